The van der Waals surface area contributed by atoms with Crippen LogP contribution in [0.4, 0.5) is 5.13 Å². The van der Waals surface area contributed by atoms with E-state index in [9.17, 15) is 24.3 Å². The van der Waals surface area contributed by atoms with Gasteiger partial charge in [0.25, 0.3) is 11.8 Å². The largest absolute Gasteiger partial charge is 0.477 e. The van der Waals surface area contributed by atoms with Gasteiger partial charge in [-0.2, -0.15) is 5.06 Å². The summed E-state index contributed by atoms with van der Waals surface area (Å²) in [5, 5.41) is 17.5. The van der Waals surface area contributed by atoms with Gasteiger partial charge in [-0.05, 0) is 0 Å². The molecule has 0 aromatic carbocycles. The minimum atomic E-state index is -2.26. The number of carboxylic acids is 1. The summed E-state index contributed by atoms with van der Waals surface area (Å²) in [6, 6.07) is -1.24. The Hall–Kier alpha value is -3.26. The summed E-state index contributed by atoms with van der Waals surface area (Å²) in [5.74, 6) is -4.04. The first-order chi connectivity index (χ1) is 13.3. The zero-order valence-corrected chi connectivity index (χ0v) is 15.2. The van der Waals surface area contributed by atoms with Crippen LogP contribution in [0.25, 0.3) is 0 Å². The van der Waals surface area contributed by atoms with Crippen LogP contribution in [0.15, 0.2) is 10.5 Å². The number of carbonyl (C=O) groups excluding carboxylic acids is 3. The lowest BCUT2D eigenvalue weighted by Gasteiger charge is -2.30. The summed E-state index contributed by atoms with van der Waals surface area (Å²) >= 11 is 1.08. The van der Waals surface area contributed by atoms with Gasteiger partial charge in [-0.3, -0.25) is 19.2 Å². The van der Waals surface area contributed by atoms with E-state index < -0.39 is 35.5 Å². The maximum absolute atomic E-state index is 12.6. The van der Waals surface area contributed by atoms with Crippen molar-refractivity contribution < 1.29 is 38.7 Å². The van der Waals surface area contributed by atoms with E-state index in [1.54, 1.807) is 0 Å². The van der Waals surface area contributed by atoms with Crippen molar-refractivity contribution in [3.8, 4) is 0 Å². The quantitative estimate of drug-likeness (QED) is 0.280. The molecule has 0 aliphatic carbocycles. The zero-order valence-electron chi connectivity index (χ0n) is 14.4. The first kappa shape index (κ1) is 19.5. The molecule has 2 atom stereocenters. The van der Waals surface area contributed by atoms with Crippen molar-refractivity contribution in [2.24, 2.45) is 5.16 Å². The second kappa shape index (κ2) is 7.40. The molecule has 2 saturated heterocycles. The topological polar surface area (TPSA) is 183 Å². The normalized spacial score (nSPS) is 25.0. The number of nitrogens with zero attached hydrogens (tertiary/aromatic N) is 3. The monoisotopic (exact) mass is 413 g/mol. The first-order valence-corrected chi connectivity index (χ1v) is 8.72. The summed E-state index contributed by atoms with van der Waals surface area (Å²) in [4.78, 5) is 61.8. The standard InChI is InChI=1S/C14H15N5O8S/c1-25-18-9(7-5-28-13(15)17-7)10(21)16-6-4-26-19(11(6)22)14(12(23)24)3-2-8(20)27-14/h5-6H,2-4H2,1H3,(H2,15,17)(H,16,21)(H,23,24)/t6-,14?/m1/s1. The molecule has 28 heavy (non-hydrogen) atoms. The van der Waals surface area contributed by atoms with Gasteiger partial charge in [0.2, 0.25) is 0 Å². The molecule has 2 fully saturated rings. The molecule has 14 heteroatoms. The highest BCUT2D eigenvalue weighted by Crippen LogP contribution is 2.34. The molecular formula is C14H15N5O8S. The number of aliphatic carboxylic acids is 1. The summed E-state index contributed by atoms with van der Waals surface area (Å²) in [6.45, 7) is -0.364. The molecule has 3 heterocycles. The van der Waals surface area contributed by atoms with E-state index in [2.05, 4.69) is 20.3 Å². The summed E-state index contributed by atoms with van der Waals surface area (Å²) in [6.07, 6.45) is -0.464. The van der Waals surface area contributed by atoms with Crippen molar-refractivity contribution in [2.45, 2.75) is 24.6 Å². The minimum Gasteiger partial charge on any atom is -0.477 e. The summed E-state index contributed by atoms with van der Waals surface area (Å²) in [5.41, 5.74) is 3.18. The average molecular weight is 413 g/mol. The van der Waals surface area contributed by atoms with Gasteiger partial charge in [-0.1, -0.05) is 5.16 Å². The average Bonchev–Trinajstić information content (AvgIpc) is 3.33. The lowest BCUT2D eigenvalue weighted by atomic mass is 10.1. The van der Waals surface area contributed by atoms with Gasteiger partial charge >= 0.3 is 17.7 Å². The highest BCUT2D eigenvalue weighted by molar-refractivity contribution is 7.13. The number of hydrogen-bond donors (Lipinski definition) is 3. The number of amides is 2. The number of nitrogens with one attached hydrogen (secondary N) is 1. The van der Waals surface area contributed by atoms with Crippen LogP contribution in [0.2, 0.25) is 0 Å². The number of carboxylic acid groups (broad SMARTS) is 1. The molecule has 0 bridgehead atoms. The number of thiazole rings is 1. The number of anilines is 1. The van der Waals surface area contributed by atoms with Gasteiger partial charge in [0.05, 0.1) is 6.42 Å². The highest BCUT2D eigenvalue weighted by atomic mass is 32.1. The molecule has 2 amide bonds. The number of hydroxylamine groups is 2. The van der Waals surface area contributed by atoms with E-state index in [1.807, 2.05) is 0 Å². The number of hydrogen-bond acceptors (Lipinski definition) is 11. The van der Waals surface area contributed by atoms with Crippen molar-refractivity contribution in [3.63, 3.8) is 0 Å². The van der Waals surface area contributed by atoms with Crippen LogP contribution in [-0.4, -0.2) is 70.1 Å². The molecule has 1 aromatic rings. The third kappa shape index (κ3) is 3.34. The maximum atomic E-state index is 12.6. The number of esters is 1. The third-order valence-corrected chi connectivity index (χ3v) is 4.62. The van der Waals surface area contributed by atoms with Crippen LogP contribution < -0.4 is 11.1 Å². The molecule has 150 valence electrons. The van der Waals surface area contributed by atoms with Gasteiger partial charge in [0.15, 0.2) is 10.8 Å². The molecule has 1 aromatic heterocycles. The number of cyclic esters (lactones) is 1. The fourth-order valence-electron chi connectivity index (χ4n) is 2.67. The van der Waals surface area contributed by atoms with E-state index in [0.717, 1.165) is 11.3 Å². The van der Waals surface area contributed by atoms with Crippen LogP contribution in [0.5, 0.6) is 0 Å². The molecular weight excluding hydrogens is 398 g/mol. The Kier molecular flexibility index (Phi) is 5.15. The lowest BCUT2D eigenvalue weighted by molar-refractivity contribution is -0.256. The van der Waals surface area contributed by atoms with Gasteiger partial charge in [0.1, 0.15) is 25.5 Å². The number of nitrogen functional groups attached to an aromatic ring is 1. The van der Waals surface area contributed by atoms with E-state index in [1.165, 1.54) is 12.5 Å². The molecule has 2 aliphatic heterocycles. The predicted octanol–water partition coefficient (Wildman–Crippen LogP) is -1.55. The Morgan fingerprint density at radius 1 is 1.54 bits per heavy atom. The third-order valence-electron chi connectivity index (χ3n) is 3.95. The van der Waals surface area contributed by atoms with Crippen LogP contribution in [0.3, 0.4) is 0 Å². The lowest BCUT2D eigenvalue weighted by Crippen LogP contribution is -2.57. The van der Waals surface area contributed by atoms with Crippen LogP contribution in [0, 0.1) is 0 Å². The first-order valence-electron chi connectivity index (χ1n) is 7.84. The number of ether oxygens (including phenoxy) is 1. The van der Waals surface area contributed by atoms with Crippen LogP contribution in [-0.2, 0) is 33.6 Å². The summed E-state index contributed by atoms with van der Waals surface area (Å²) < 4.78 is 4.84. The predicted molar refractivity (Wildman–Crippen MR) is 90.5 cm³/mol. The van der Waals surface area contributed by atoms with Gasteiger partial charge in [-0.15, -0.1) is 11.3 Å². The summed E-state index contributed by atoms with van der Waals surface area (Å²) in [7, 11) is 1.22. The molecule has 0 saturated carbocycles. The number of carbonyl (C=O) groups is 4. The number of nitrogens with two attached hydrogens (primary N) is 1. The molecule has 2 aliphatic rings. The molecule has 4 N–H and O–H groups in total. The Labute approximate surface area is 161 Å². The van der Waals surface area contributed by atoms with E-state index in [0.29, 0.717) is 5.06 Å². The van der Waals surface area contributed by atoms with Crippen molar-refractivity contribution in [1.29, 1.82) is 0 Å². The molecule has 1 unspecified atom stereocenters. The Morgan fingerprint density at radius 3 is 2.82 bits per heavy atom. The number of aromatic nitrogens is 1. The molecule has 0 radical (unpaired) electrons. The van der Waals surface area contributed by atoms with E-state index >= 15 is 0 Å². The van der Waals surface area contributed by atoms with Gasteiger partial charge in [-0.25, -0.2) is 9.78 Å². The van der Waals surface area contributed by atoms with Gasteiger partial charge < -0.3 is 25.7 Å². The van der Waals surface area contributed by atoms with Gasteiger partial charge in [0, 0.05) is 11.8 Å². The Morgan fingerprint density at radius 2 is 2.29 bits per heavy atom. The smallest absolute Gasteiger partial charge is 0.372 e. The molecule has 13 nitrogen and oxygen atoms in total. The second-order valence-electron chi connectivity index (χ2n) is 5.71. The SMILES string of the molecule is CON=C(C(=O)N[C@@H]1CON(C2(C(=O)O)CCC(=O)O2)C1=O)c1csc(N)n1. The van der Waals surface area contributed by atoms with E-state index in [-0.39, 0.29) is 36.0 Å². The highest BCUT2D eigenvalue weighted by Gasteiger charge is 2.59. The van der Waals surface area contributed by atoms with Crippen molar-refractivity contribution >= 4 is 45.9 Å². The van der Waals surface area contributed by atoms with Crippen molar-refractivity contribution in [3.05, 3.63) is 11.1 Å². The van der Waals surface area contributed by atoms with Crippen LogP contribution in [0.1, 0.15) is 18.5 Å². The van der Waals surface area contributed by atoms with Crippen molar-refractivity contribution in [1.82, 2.24) is 15.4 Å². The maximum Gasteiger partial charge on any atom is 0.372 e. The van der Waals surface area contributed by atoms with Crippen molar-refractivity contribution in [2.75, 3.05) is 19.5 Å². The Bertz CT molecular complexity index is 870. The fourth-order valence-corrected chi connectivity index (χ4v) is 3.22. The second-order valence-corrected chi connectivity index (χ2v) is 6.60. The Balaban J connectivity index is 1.76. The minimum absolute atomic E-state index is 0.136. The number of oxime groups is 1. The van der Waals surface area contributed by atoms with Crippen LogP contribution >= 0.6 is 11.3 Å². The zero-order chi connectivity index (χ0) is 20.5. The molecule has 0 spiro atoms. The van der Waals surface area contributed by atoms with E-state index in [4.69, 9.17) is 15.3 Å². The fraction of sp³-hybridized carbons (Fsp3) is 0.429. The molecule has 3 rings (SSSR count). The number of rotatable bonds is 6.